The molecular formula is C14H15NO4. The van der Waals surface area contributed by atoms with Crippen LogP contribution in [-0.4, -0.2) is 23.8 Å². The molecule has 0 aromatic heterocycles. The summed E-state index contributed by atoms with van der Waals surface area (Å²) in [5.41, 5.74) is 2.70. The smallest absolute Gasteiger partial charge is 0.411 e. The second kappa shape index (κ2) is 5.56. The summed E-state index contributed by atoms with van der Waals surface area (Å²) < 4.78 is 4.84. The Labute approximate surface area is 110 Å². The molecular weight excluding hydrogens is 246 g/mol. The van der Waals surface area contributed by atoms with E-state index >= 15 is 0 Å². The molecule has 0 fully saturated rings. The predicted molar refractivity (Wildman–Crippen MR) is 70.6 cm³/mol. The van der Waals surface area contributed by atoms with Crippen molar-refractivity contribution in [2.24, 2.45) is 0 Å². The van der Waals surface area contributed by atoms with Crippen LogP contribution >= 0.6 is 0 Å². The zero-order valence-corrected chi connectivity index (χ0v) is 10.4. The van der Waals surface area contributed by atoms with Crippen LogP contribution in [0, 0.1) is 0 Å². The molecule has 5 nitrogen and oxygen atoms in total. The van der Waals surface area contributed by atoms with Crippen molar-refractivity contribution in [2.75, 3.05) is 11.9 Å². The van der Waals surface area contributed by atoms with Gasteiger partial charge in [-0.3, -0.25) is 5.32 Å². The first-order chi connectivity index (χ1) is 9.11. The van der Waals surface area contributed by atoms with E-state index in [0.29, 0.717) is 5.69 Å². The van der Waals surface area contributed by atoms with Crippen molar-refractivity contribution in [3.8, 4) is 0 Å². The van der Waals surface area contributed by atoms with Gasteiger partial charge in [-0.05, 0) is 42.5 Å². The highest BCUT2D eigenvalue weighted by Crippen LogP contribution is 2.30. The molecule has 0 spiro atoms. The molecule has 100 valence electrons. The van der Waals surface area contributed by atoms with Crippen LogP contribution in [0.1, 0.15) is 27.9 Å². The van der Waals surface area contributed by atoms with Gasteiger partial charge in [0.25, 0.3) is 0 Å². The lowest BCUT2D eigenvalue weighted by Gasteiger charge is -2.11. The van der Waals surface area contributed by atoms with E-state index in [0.717, 1.165) is 30.4 Å². The Morgan fingerprint density at radius 2 is 2.21 bits per heavy atom. The summed E-state index contributed by atoms with van der Waals surface area (Å²) in [7, 11) is 0. The van der Waals surface area contributed by atoms with Gasteiger partial charge in [-0.15, -0.1) is 0 Å². The molecule has 2 rings (SSSR count). The lowest BCUT2D eigenvalue weighted by atomic mass is 10.0. The number of aryl methyl sites for hydroxylation is 1. The Hall–Kier alpha value is -2.30. The van der Waals surface area contributed by atoms with Crippen LogP contribution in [0.3, 0.4) is 0 Å². The minimum absolute atomic E-state index is 0.118. The molecule has 2 N–H and O–H groups in total. The van der Waals surface area contributed by atoms with Gasteiger partial charge in [0.1, 0.15) is 6.61 Å². The van der Waals surface area contributed by atoms with Crippen LogP contribution in [-0.2, 0) is 17.6 Å². The van der Waals surface area contributed by atoms with Gasteiger partial charge >= 0.3 is 12.1 Å². The van der Waals surface area contributed by atoms with Crippen LogP contribution in [0.5, 0.6) is 0 Å². The maximum atomic E-state index is 11.5. The maximum Gasteiger partial charge on any atom is 0.411 e. The number of amides is 1. The molecule has 1 aliphatic carbocycles. The van der Waals surface area contributed by atoms with Gasteiger partial charge in [0, 0.05) is 5.69 Å². The molecule has 0 saturated carbocycles. The molecule has 0 heterocycles. The molecule has 0 atom stereocenters. The molecule has 0 aliphatic heterocycles. The number of benzene rings is 1. The molecule has 0 bridgehead atoms. The first kappa shape index (κ1) is 13.1. The summed E-state index contributed by atoms with van der Waals surface area (Å²) >= 11 is 0. The Morgan fingerprint density at radius 1 is 1.42 bits per heavy atom. The number of carbonyl (C=O) groups excluding carboxylic acids is 1. The fourth-order valence-corrected chi connectivity index (χ4v) is 2.22. The van der Waals surface area contributed by atoms with E-state index < -0.39 is 12.1 Å². The van der Waals surface area contributed by atoms with Gasteiger partial charge in [0.05, 0.1) is 5.56 Å². The Bertz CT molecular complexity index is 536. The number of hydrogen-bond donors (Lipinski definition) is 2. The predicted octanol–water partition coefficient (Wildman–Crippen LogP) is 2.61. The van der Waals surface area contributed by atoms with Crippen LogP contribution in [0.15, 0.2) is 24.8 Å². The highest BCUT2D eigenvalue weighted by molar-refractivity contribution is 5.93. The number of carboxylic acid groups (broad SMARTS) is 1. The Kier molecular flexibility index (Phi) is 3.85. The second-order valence-corrected chi connectivity index (χ2v) is 4.33. The number of ether oxygens (including phenoxy) is 1. The minimum atomic E-state index is -1.00. The molecule has 0 radical (unpaired) electrons. The van der Waals surface area contributed by atoms with E-state index in [4.69, 9.17) is 9.84 Å². The summed E-state index contributed by atoms with van der Waals surface area (Å²) in [6.07, 6.45) is 3.52. The van der Waals surface area contributed by atoms with Crippen LogP contribution in [0.4, 0.5) is 10.5 Å². The van der Waals surface area contributed by atoms with Gasteiger partial charge < -0.3 is 9.84 Å². The van der Waals surface area contributed by atoms with E-state index in [1.165, 1.54) is 12.1 Å². The number of fused-ring (bicyclic) bond motifs is 1. The second-order valence-electron chi connectivity index (χ2n) is 4.33. The maximum absolute atomic E-state index is 11.5. The van der Waals surface area contributed by atoms with Gasteiger partial charge in [0.2, 0.25) is 0 Å². The van der Waals surface area contributed by atoms with Crippen LogP contribution in [0.2, 0.25) is 0 Å². The third-order valence-corrected chi connectivity index (χ3v) is 3.03. The number of aromatic carboxylic acids is 1. The topological polar surface area (TPSA) is 75.6 Å². The number of nitrogens with one attached hydrogen (secondary N) is 1. The van der Waals surface area contributed by atoms with Crippen molar-refractivity contribution in [3.05, 3.63) is 41.5 Å². The van der Waals surface area contributed by atoms with E-state index in [1.54, 1.807) is 6.07 Å². The lowest BCUT2D eigenvalue weighted by Crippen LogP contribution is -2.15. The highest BCUT2D eigenvalue weighted by Gasteiger charge is 2.19. The van der Waals surface area contributed by atoms with Crippen molar-refractivity contribution >= 4 is 17.7 Å². The SMILES string of the molecule is C=CCOC(=O)Nc1cc(C(=O)O)cc2c1CCC2. The number of carbonyl (C=O) groups is 2. The summed E-state index contributed by atoms with van der Waals surface area (Å²) in [4.78, 5) is 22.6. The third kappa shape index (κ3) is 2.93. The van der Waals surface area contributed by atoms with E-state index in [-0.39, 0.29) is 12.2 Å². The molecule has 1 aliphatic rings. The quantitative estimate of drug-likeness (QED) is 0.817. The number of rotatable bonds is 4. The van der Waals surface area contributed by atoms with Crippen molar-refractivity contribution in [1.29, 1.82) is 0 Å². The average molecular weight is 261 g/mol. The first-order valence-electron chi connectivity index (χ1n) is 6.05. The minimum Gasteiger partial charge on any atom is -0.478 e. The monoisotopic (exact) mass is 261 g/mol. The molecule has 1 amide bonds. The molecule has 1 aromatic rings. The summed E-state index contributed by atoms with van der Waals surface area (Å²) in [6, 6.07) is 3.15. The Morgan fingerprint density at radius 3 is 2.89 bits per heavy atom. The van der Waals surface area contributed by atoms with Gasteiger partial charge in [-0.25, -0.2) is 9.59 Å². The fraction of sp³-hybridized carbons (Fsp3) is 0.286. The third-order valence-electron chi connectivity index (χ3n) is 3.03. The number of hydrogen-bond acceptors (Lipinski definition) is 3. The molecule has 5 heteroatoms. The van der Waals surface area contributed by atoms with Gasteiger partial charge in [0.15, 0.2) is 0 Å². The van der Waals surface area contributed by atoms with Crippen LogP contribution in [0.25, 0.3) is 0 Å². The van der Waals surface area contributed by atoms with Crippen molar-refractivity contribution in [1.82, 2.24) is 0 Å². The van der Waals surface area contributed by atoms with Crippen molar-refractivity contribution in [2.45, 2.75) is 19.3 Å². The van der Waals surface area contributed by atoms with E-state index in [2.05, 4.69) is 11.9 Å². The molecule has 0 unspecified atom stereocenters. The molecule has 0 saturated heterocycles. The van der Waals surface area contributed by atoms with Gasteiger partial charge in [-0.2, -0.15) is 0 Å². The summed E-state index contributed by atoms with van der Waals surface area (Å²) in [5, 5.41) is 11.7. The van der Waals surface area contributed by atoms with E-state index in [9.17, 15) is 9.59 Å². The lowest BCUT2D eigenvalue weighted by molar-refractivity contribution is 0.0696. The van der Waals surface area contributed by atoms with E-state index in [1.807, 2.05) is 0 Å². The molecule has 1 aromatic carbocycles. The molecule has 19 heavy (non-hydrogen) atoms. The van der Waals surface area contributed by atoms with Crippen LogP contribution < -0.4 is 5.32 Å². The fourth-order valence-electron chi connectivity index (χ4n) is 2.22. The van der Waals surface area contributed by atoms with Crippen molar-refractivity contribution in [3.63, 3.8) is 0 Å². The van der Waals surface area contributed by atoms with Crippen molar-refractivity contribution < 1.29 is 19.4 Å². The van der Waals surface area contributed by atoms with Gasteiger partial charge in [-0.1, -0.05) is 12.7 Å². The largest absolute Gasteiger partial charge is 0.478 e. The summed E-state index contributed by atoms with van der Waals surface area (Å²) in [6.45, 7) is 3.57. The normalized spacial score (nSPS) is 12.6. The zero-order chi connectivity index (χ0) is 13.8. The average Bonchev–Trinajstić information content (AvgIpc) is 2.84. The summed E-state index contributed by atoms with van der Waals surface area (Å²) in [5.74, 6) is -1.00. The standard InChI is InChI=1S/C14H15NO4/c1-2-6-19-14(18)15-12-8-10(13(16)17)7-9-4-3-5-11(9)12/h2,7-8H,1,3-6H2,(H,15,18)(H,16,17). The highest BCUT2D eigenvalue weighted by atomic mass is 16.5. The first-order valence-corrected chi connectivity index (χ1v) is 6.05. The number of anilines is 1. The zero-order valence-electron chi connectivity index (χ0n) is 10.4. The Balaban J connectivity index is 2.26. The number of carboxylic acids is 1.